The molecule has 0 radical (unpaired) electrons. The molecular weight excluding hydrogens is 370 g/mol. The minimum atomic E-state index is -4.00. The molecule has 2 N–H and O–H groups in total. The van der Waals surface area contributed by atoms with Crippen LogP contribution in [-0.2, 0) is 17.1 Å². The van der Waals surface area contributed by atoms with E-state index >= 15 is 0 Å². The Morgan fingerprint density at radius 1 is 1.28 bits per heavy atom. The van der Waals surface area contributed by atoms with Crippen molar-refractivity contribution in [1.29, 1.82) is 0 Å². The molecule has 0 unspecified atom stereocenters. The van der Waals surface area contributed by atoms with Crippen LogP contribution < -0.4 is 10.5 Å². The van der Waals surface area contributed by atoms with E-state index in [4.69, 9.17) is 16.0 Å². The van der Waals surface area contributed by atoms with Crippen LogP contribution in [0.15, 0.2) is 44.4 Å². The van der Waals surface area contributed by atoms with E-state index in [0.717, 1.165) is 5.52 Å². The minimum Gasteiger partial charge on any atom is -0.408 e. The molecule has 0 aliphatic carbocycles. The molecule has 9 nitrogen and oxygen atoms in total. The summed E-state index contributed by atoms with van der Waals surface area (Å²) in [6, 6.07) is 7.36. The maximum atomic E-state index is 12.6. The largest absolute Gasteiger partial charge is 0.417 e. The highest BCUT2D eigenvalue weighted by atomic mass is 35.5. The summed E-state index contributed by atoms with van der Waals surface area (Å²) in [4.78, 5) is 13.4. The van der Waals surface area contributed by atoms with Crippen LogP contribution in [-0.4, -0.2) is 28.4 Å². The molecule has 0 fully saturated rings. The number of sulfonamides is 1. The molecule has 4 aromatic rings. The molecule has 25 heavy (non-hydrogen) atoms. The van der Waals surface area contributed by atoms with Gasteiger partial charge in [0, 0.05) is 13.1 Å². The monoisotopic (exact) mass is 379 g/mol. The van der Waals surface area contributed by atoms with Crippen molar-refractivity contribution >= 4 is 49.4 Å². The molecule has 0 saturated carbocycles. The van der Waals surface area contributed by atoms with Crippen molar-refractivity contribution in [3.63, 3.8) is 0 Å². The average molecular weight is 380 g/mol. The molecule has 2 aromatic heterocycles. The highest BCUT2D eigenvalue weighted by Gasteiger charge is 2.21. The number of hydrogen-bond donors (Lipinski definition) is 2. The molecule has 2 aromatic carbocycles. The number of hydrogen-bond acceptors (Lipinski definition) is 6. The number of aromatic amines is 1. The van der Waals surface area contributed by atoms with Crippen LogP contribution in [0.4, 0.5) is 5.69 Å². The summed E-state index contributed by atoms with van der Waals surface area (Å²) in [5.74, 6) is -0.693. The number of aromatic nitrogens is 4. The van der Waals surface area contributed by atoms with Gasteiger partial charge in [-0.25, -0.2) is 17.9 Å². The Morgan fingerprint density at radius 3 is 2.88 bits per heavy atom. The van der Waals surface area contributed by atoms with Gasteiger partial charge in [0.15, 0.2) is 5.58 Å². The van der Waals surface area contributed by atoms with E-state index in [1.54, 1.807) is 29.9 Å². The van der Waals surface area contributed by atoms with Gasteiger partial charge in [-0.15, -0.1) is 5.10 Å². The second kappa shape index (κ2) is 5.33. The summed E-state index contributed by atoms with van der Waals surface area (Å²) in [5.41, 5.74) is 2.02. The molecule has 4 rings (SSSR count). The van der Waals surface area contributed by atoms with Gasteiger partial charge in [0.2, 0.25) is 0 Å². The van der Waals surface area contributed by atoms with Gasteiger partial charge in [-0.3, -0.25) is 9.71 Å². The number of benzene rings is 2. The van der Waals surface area contributed by atoms with Crippen LogP contribution in [0.25, 0.3) is 22.1 Å². The van der Waals surface area contributed by atoms with Gasteiger partial charge >= 0.3 is 5.76 Å². The standard InChI is InChI=1S/C14H10ClN5O4S/c1-20-11-3-2-7(4-9(11)17-19-20)18-25(22,23)13-6-12-10(5-8(13)15)16-14(21)24-12/h2-6,18H,1H3,(H,16,21). The first-order valence-electron chi connectivity index (χ1n) is 6.98. The maximum absolute atomic E-state index is 12.6. The zero-order valence-electron chi connectivity index (χ0n) is 12.6. The summed E-state index contributed by atoms with van der Waals surface area (Å²) >= 11 is 6.05. The number of halogens is 1. The lowest BCUT2D eigenvalue weighted by molar-refractivity contribution is 0.554. The van der Waals surface area contributed by atoms with Gasteiger partial charge in [0.25, 0.3) is 10.0 Å². The molecule has 0 spiro atoms. The topological polar surface area (TPSA) is 123 Å². The molecule has 0 saturated heterocycles. The van der Waals surface area contributed by atoms with Gasteiger partial charge in [-0.05, 0) is 24.3 Å². The van der Waals surface area contributed by atoms with E-state index in [2.05, 4.69) is 20.0 Å². The molecule has 0 aliphatic rings. The molecule has 0 amide bonds. The van der Waals surface area contributed by atoms with Crippen molar-refractivity contribution in [2.24, 2.45) is 7.05 Å². The van der Waals surface area contributed by atoms with Crippen molar-refractivity contribution in [1.82, 2.24) is 20.0 Å². The molecule has 0 aliphatic heterocycles. The molecule has 2 heterocycles. The highest BCUT2D eigenvalue weighted by molar-refractivity contribution is 7.92. The molecule has 0 bridgehead atoms. The van der Waals surface area contributed by atoms with E-state index in [1.165, 1.54) is 12.1 Å². The fourth-order valence-electron chi connectivity index (χ4n) is 2.47. The minimum absolute atomic E-state index is 0.0439. The van der Waals surface area contributed by atoms with E-state index in [1.807, 2.05) is 0 Å². The lowest BCUT2D eigenvalue weighted by atomic mass is 10.3. The van der Waals surface area contributed by atoms with Crippen molar-refractivity contribution in [3.05, 3.63) is 45.9 Å². The average Bonchev–Trinajstić information content (AvgIpc) is 3.07. The van der Waals surface area contributed by atoms with E-state index in [9.17, 15) is 13.2 Å². The quantitative estimate of drug-likeness (QED) is 0.560. The number of fused-ring (bicyclic) bond motifs is 2. The summed E-state index contributed by atoms with van der Waals surface area (Å²) in [6.07, 6.45) is 0. The zero-order chi connectivity index (χ0) is 17.8. The summed E-state index contributed by atoms with van der Waals surface area (Å²) in [5, 5.41) is 7.76. The lowest BCUT2D eigenvalue weighted by Crippen LogP contribution is -2.13. The Bertz CT molecular complexity index is 1290. The Balaban J connectivity index is 1.77. The molecule has 128 valence electrons. The van der Waals surface area contributed by atoms with Crippen molar-refractivity contribution in [3.8, 4) is 0 Å². The Morgan fingerprint density at radius 2 is 2.08 bits per heavy atom. The second-order valence-electron chi connectivity index (χ2n) is 5.32. The first-order valence-corrected chi connectivity index (χ1v) is 8.84. The number of anilines is 1. The van der Waals surface area contributed by atoms with Crippen LogP contribution in [0.1, 0.15) is 0 Å². The second-order valence-corrected chi connectivity index (χ2v) is 7.37. The van der Waals surface area contributed by atoms with Crippen LogP contribution in [0.2, 0.25) is 5.02 Å². The van der Waals surface area contributed by atoms with Gasteiger partial charge in [-0.2, -0.15) is 0 Å². The third-order valence-electron chi connectivity index (χ3n) is 3.63. The van der Waals surface area contributed by atoms with E-state index < -0.39 is 15.8 Å². The van der Waals surface area contributed by atoms with Gasteiger partial charge in [0.05, 0.1) is 21.7 Å². The summed E-state index contributed by atoms with van der Waals surface area (Å²) in [7, 11) is -2.27. The van der Waals surface area contributed by atoms with Crippen LogP contribution in [0, 0.1) is 0 Å². The first-order chi connectivity index (χ1) is 11.8. The molecule has 11 heteroatoms. The Kier molecular flexibility index (Phi) is 3.34. The fourth-order valence-corrected chi connectivity index (χ4v) is 4.07. The third-order valence-corrected chi connectivity index (χ3v) is 5.47. The first kappa shape index (κ1) is 15.7. The normalized spacial score (nSPS) is 12.1. The summed E-state index contributed by atoms with van der Waals surface area (Å²) < 4.78 is 34.2. The third kappa shape index (κ3) is 2.65. The number of aryl methyl sites for hydroxylation is 1. The van der Waals surface area contributed by atoms with Crippen molar-refractivity contribution < 1.29 is 12.8 Å². The SMILES string of the molecule is Cn1nnc2cc(NS(=O)(=O)c3cc4oc(=O)[nH]c4cc3Cl)ccc21. The number of H-pyrrole nitrogens is 1. The molecule has 0 atom stereocenters. The van der Waals surface area contributed by atoms with Crippen molar-refractivity contribution in [2.45, 2.75) is 4.90 Å². The smallest absolute Gasteiger partial charge is 0.408 e. The maximum Gasteiger partial charge on any atom is 0.417 e. The Hall–Kier alpha value is -2.85. The van der Waals surface area contributed by atoms with Crippen LogP contribution >= 0.6 is 11.6 Å². The molecular formula is C14H10ClN5O4S. The Labute approximate surface area is 145 Å². The van der Waals surface area contributed by atoms with Gasteiger partial charge < -0.3 is 4.42 Å². The highest BCUT2D eigenvalue weighted by Crippen LogP contribution is 2.28. The number of nitrogens with one attached hydrogen (secondary N) is 2. The van der Waals surface area contributed by atoms with Crippen molar-refractivity contribution in [2.75, 3.05) is 4.72 Å². The fraction of sp³-hybridized carbons (Fsp3) is 0.0714. The zero-order valence-corrected chi connectivity index (χ0v) is 14.2. The van der Waals surface area contributed by atoms with Crippen LogP contribution in [0.5, 0.6) is 0 Å². The van der Waals surface area contributed by atoms with Gasteiger partial charge in [0.1, 0.15) is 10.4 Å². The number of nitrogens with zero attached hydrogens (tertiary/aromatic N) is 3. The predicted molar refractivity (Wildman–Crippen MR) is 91.2 cm³/mol. The van der Waals surface area contributed by atoms with E-state index in [0.29, 0.717) is 16.7 Å². The predicted octanol–water partition coefficient (Wildman–Crippen LogP) is 1.86. The lowest BCUT2D eigenvalue weighted by Gasteiger charge is -2.09. The number of oxazole rings is 1. The van der Waals surface area contributed by atoms with Crippen LogP contribution in [0.3, 0.4) is 0 Å². The van der Waals surface area contributed by atoms with E-state index in [-0.39, 0.29) is 15.5 Å². The number of rotatable bonds is 3. The van der Waals surface area contributed by atoms with Gasteiger partial charge in [-0.1, -0.05) is 16.8 Å². The summed E-state index contributed by atoms with van der Waals surface area (Å²) in [6.45, 7) is 0.